The van der Waals surface area contributed by atoms with Gasteiger partial charge in [0.05, 0.1) is 35.1 Å². The lowest BCUT2D eigenvalue weighted by Crippen LogP contribution is -2.31. The number of hydrogen-bond acceptors (Lipinski definition) is 8. The van der Waals surface area contributed by atoms with Gasteiger partial charge in [0.1, 0.15) is 16.5 Å². The number of halogens is 3. The van der Waals surface area contributed by atoms with Crippen LogP contribution in [-0.2, 0) is 10.0 Å². The molecule has 0 spiro atoms. The molecule has 3 aromatic heterocycles. The standard InChI is InChI=1S/C24H22ClF2N5O5S/c1-11-7-15(13(3)29-17-5-6-18(25)30-19(17)23(34)31-38(4,35)36)22-16(8-11)20(33)12(2)21(37-22)14-9-28-32(10-14)24(26)27/h5-10,13,24,29H,1-4H3,(H,31,34). The van der Waals surface area contributed by atoms with E-state index in [9.17, 15) is 26.8 Å². The molecule has 1 atom stereocenters. The zero-order chi connectivity index (χ0) is 27.9. The largest absolute Gasteiger partial charge is 0.455 e. The second-order valence-corrected chi connectivity index (χ2v) is 10.8. The Morgan fingerprint density at radius 3 is 2.55 bits per heavy atom. The molecule has 200 valence electrons. The number of alkyl halides is 2. The fraction of sp³-hybridized carbons (Fsp3) is 0.250. The lowest BCUT2D eigenvalue weighted by molar-refractivity contribution is 0.0566. The molecular formula is C24H22ClF2N5O5S. The van der Waals surface area contributed by atoms with E-state index < -0.39 is 28.5 Å². The van der Waals surface area contributed by atoms with Gasteiger partial charge in [-0.05, 0) is 44.5 Å². The van der Waals surface area contributed by atoms with Crippen molar-refractivity contribution in [2.45, 2.75) is 33.4 Å². The topological polar surface area (TPSA) is 136 Å². The third kappa shape index (κ3) is 5.53. The molecule has 0 saturated heterocycles. The van der Waals surface area contributed by atoms with E-state index in [0.29, 0.717) is 10.2 Å². The van der Waals surface area contributed by atoms with Crippen LogP contribution in [0.2, 0.25) is 5.15 Å². The summed E-state index contributed by atoms with van der Waals surface area (Å²) in [5, 5.41) is 6.97. The molecule has 0 aliphatic rings. The van der Waals surface area contributed by atoms with Crippen LogP contribution in [0.15, 0.2) is 45.9 Å². The predicted molar refractivity (Wildman–Crippen MR) is 138 cm³/mol. The number of hydrogen-bond donors (Lipinski definition) is 2. The summed E-state index contributed by atoms with van der Waals surface area (Å²) < 4.78 is 57.8. The Hall–Kier alpha value is -3.84. The number of sulfonamides is 1. The van der Waals surface area contributed by atoms with E-state index in [1.54, 1.807) is 26.0 Å². The zero-order valence-corrected chi connectivity index (χ0v) is 22.1. The number of carbonyl (C=O) groups is 1. The molecule has 0 fully saturated rings. The Morgan fingerprint density at radius 2 is 1.92 bits per heavy atom. The minimum Gasteiger partial charge on any atom is -0.455 e. The van der Waals surface area contributed by atoms with Crippen LogP contribution in [0.5, 0.6) is 0 Å². The van der Waals surface area contributed by atoms with Crippen LogP contribution in [0.3, 0.4) is 0 Å². The molecular weight excluding hydrogens is 544 g/mol. The number of benzene rings is 1. The Morgan fingerprint density at radius 1 is 1.21 bits per heavy atom. The van der Waals surface area contributed by atoms with E-state index in [-0.39, 0.29) is 49.8 Å². The quantitative estimate of drug-likeness (QED) is 0.311. The minimum absolute atomic E-state index is 0.0293. The molecule has 38 heavy (non-hydrogen) atoms. The van der Waals surface area contributed by atoms with E-state index in [4.69, 9.17) is 16.0 Å². The van der Waals surface area contributed by atoms with Gasteiger partial charge in [-0.3, -0.25) is 9.59 Å². The highest BCUT2D eigenvalue weighted by molar-refractivity contribution is 7.89. The molecule has 0 bridgehead atoms. The Bertz CT molecular complexity index is 1740. The second-order valence-electron chi connectivity index (χ2n) is 8.70. The summed E-state index contributed by atoms with van der Waals surface area (Å²) in [4.78, 5) is 29.8. The molecule has 0 saturated carbocycles. The molecule has 1 amide bonds. The van der Waals surface area contributed by atoms with Crippen molar-refractivity contribution in [3.05, 3.63) is 74.4 Å². The fourth-order valence-electron chi connectivity index (χ4n) is 3.98. The number of aryl methyl sites for hydroxylation is 1. The fourth-order valence-corrected chi connectivity index (χ4v) is 4.56. The van der Waals surface area contributed by atoms with Crippen molar-refractivity contribution < 1.29 is 26.4 Å². The van der Waals surface area contributed by atoms with Crippen molar-refractivity contribution in [1.29, 1.82) is 0 Å². The van der Waals surface area contributed by atoms with Crippen LogP contribution in [0.1, 0.15) is 46.7 Å². The van der Waals surface area contributed by atoms with Gasteiger partial charge in [-0.1, -0.05) is 17.7 Å². The number of pyridine rings is 1. The highest BCUT2D eigenvalue weighted by Gasteiger charge is 2.23. The monoisotopic (exact) mass is 565 g/mol. The molecule has 2 N–H and O–H groups in total. The van der Waals surface area contributed by atoms with Crippen LogP contribution in [0.4, 0.5) is 14.5 Å². The highest BCUT2D eigenvalue weighted by atomic mass is 35.5. The molecule has 0 aliphatic carbocycles. The number of aromatic nitrogens is 3. The summed E-state index contributed by atoms with van der Waals surface area (Å²) in [7, 11) is -3.87. The van der Waals surface area contributed by atoms with Gasteiger partial charge in [-0.2, -0.15) is 13.9 Å². The summed E-state index contributed by atoms with van der Waals surface area (Å²) in [6.45, 7) is 2.20. The van der Waals surface area contributed by atoms with Crippen LogP contribution in [0.25, 0.3) is 22.3 Å². The van der Waals surface area contributed by atoms with E-state index in [0.717, 1.165) is 18.0 Å². The first-order chi connectivity index (χ1) is 17.7. The Kier molecular flexibility index (Phi) is 7.26. The number of nitrogens with one attached hydrogen (secondary N) is 2. The summed E-state index contributed by atoms with van der Waals surface area (Å²) in [5.41, 5.74) is 1.47. The maximum Gasteiger partial charge on any atom is 0.333 e. The van der Waals surface area contributed by atoms with Gasteiger partial charge in [0, 0.05) is 17.3 Å². The van der Waals surface area contributed by atoms with Gasteiger partial charge in [-0.15, -0.1) is 0 Å². The molecule has 0 radical (unpaired) electrons. The number of amides is 1. The molecule has 14 heteroatoms. The first-order valence-corrected chi connectivity index (χ1v) is 13.4. The summed E-state index contributed by atoms with van der Waals surface area (Å²) in [6, 6.07) is 5.71. The SMILES string of the molecule is Cc1cc(C(C)Nc2ccc(Cl)nc2C(=O)NS(C)(=O)=O)c2oc(-c3cnn(C(F)F)c3)c(C)c(=O)c2c1. The molecule has 10 nitrogen and oxygen atoms in total. The van der Waals surface area contributed by atoms with Crippen LogP contribution >= 0.6 is 11.6 Å². The number of anilines is 1. The predicted octanol–water partition coefficient (Wildman–Crippen LogP) is 4.58. The molecule has 4 rings (SSSR count). The zero-order valence-electron chi connectivity index (χ0n) is 20.5. The number of nitrogens with zero attached hydrogens (tertiary/aromatic N) is 3. The van der Waals surface area contributed by atoms with Crippen LogP contribution in [-0.4, -0.2) is 35.3 Å². The number of fused-ring (bicyclic) bond motifs is 1. The second kappa shape index (κ2) is 10.1. The summed E-state index contributed by atoms with van der Waals surface area (Å²) >= 11 is 5.94. The normalized spacial score (nSPS) is 12.6. The summed E-state index contributed by atoms with van der Waals surface area (Å²) in [5.74, 6) is -0.896. The van der Waals surface area contributed by atoms with Crippen molar-refractivity contribution in [2.24, 2.45) is 0 Å². The van der Waals surface area contributed by atoms with Gasteiger partial charge in [0.2, 0.25) is 10.0 Å². The minimum atomic E-state index is -3.87. The van der Waals surface area contributed by atoms with Gasteiger partial charge >= 0.3 is 6.55 Å². The Balaban J connectivity index is 1.83. The van der Waals surface area contributed by atoms with Crippen LogP contribution < -0.4 is 15.5 Å². The highest BCUT2D eigenvalue weighted by Crippen LogP contribution is 2.33. The van der Waals surface area contributed by atoms with Crippen molar-refractivity contribution >= 4 is 44.2 Å². The van der Waals surface area contributed by atoms with Gasteiger partial charge in [0.15, 0.2) is 11.1 Å². The van der Waals surface area contributed by atoms with Gasteiger partial charge < -0.3 is 9.73 Å². The molecule has 1 aromatic carbocycles. The lowest BCUT2D eigenvalue weighted by atomic mass is 9.99. The van der Waals surface area contributed by atoms with Crippen molar-refractivity contribution in [1.82, 2.24) is 19.5 Å². The third-order valence-electron chi connectivity index (χ3n) is 5.65. The average molecular weight is 566 g/mol. The van der Waals surface area contributed by atoms with E-state index >= 15 is 0 Å². The van der Waals surface area contributed by atoms with Crippen LogP contribution in [0, 0.1) is 13.8 Å². The van der Waals surface area contributed by atoms with Crippen molar-refractivity contribution in [2.75, 3.05) is 11.6 Å². The first-order valence-electron chi connectivity index (χ1n) is 11.1. The number of rotatable bonds is 7. The lowest BCUT2D eigenvalue weighted by Gasteiger charge is -2.20. The first kappa shape index (κ1) is 27.2. The average Bonchev–Trinajstić information content (AvgIpc) is 3.31. The summed E-state index contributed by atoms with van der Waals surface area (Å²) in [6.07, 6.45) is 3.10. The van der Waals surface area contributed by atoms with Gasteiger partial charge in [-0.25, -0.2) is 22.8 Å². The maximum absolute atomic E-state index is 13.3. The molecule has 1 unspecified atom stereocenters. The maximum atomic E-state index is 13.3. The van der Waals surface area contributed by atoms with E-state index in [2.05, 4.69) is 15.4 Å². The number of carbonyl (C=O) groups excluding carboxylic acids is 1. The van der Waals surface area contributed by atoms with Crippen molar-refractivity contribution in [3.8, 4) is 11.3 Å². The van der Waals surface area contributed by atoms with E-state index in [1.807, 2.05) is 4.72 Å². The van der Waals surface area contributed by atoms with Crippen molar-refractivity contribution in [3.63, 3.8) is 0 Å². The third-order valence-corrected chi connectivity index (χ3v) is 6.42. The Labute approximate surface area is 220 Å². The van der Waals surface area contributed by atoms with E-state index in [1.165, 1.54) is 25.3 Å². The molecule has 3 heterocycles. The molecule has 0 aliphatic heterocycles. The molecule has 4 aromatic rings. The smallest absolute Gasteiger partial charge is 0.333 e. The van der Waals surface area contributed by atoms with Gasteiger partial charge in [0.25, 0.3) is 5.91 Å².